The summed E-state index contributed by atoms with van der Waals surface area (Å²) in [6.07, 6.45) is 1.52. The van der Waals surface area contributed by atoms with Gasteiger partial charge in [-0.15, -0.1) is 0 Å². The predicted octanol–water partition coefficient (Wildman–Crippen LogP) is 1.63. The molecule has 2 aromatic heterocycles. The summed E-state index contributed by atoms with van der Waals surface area (Å²) >= 11 is 0. The zero-order valence-corrected chi connectivity index (χ0v) is 16.0. The fourth-order valence-electron chi connectivity index (χ4n) is 3.16. The van der Waals surface area contributed by atoms with Crippen molar-refractivity contribution in [2.24, 2.45) is 19.8 Å². The molecule has 0 saturated carbocycles. The Kier molecular flexibility index (Phi) is 4.22. The van der Waals surface area contributed by atoms with Crippen molar-refractivity contribution in [2.45, 2.75) is 26.2 Å². The molecule has 27 heavy (non-hydrogen) atoms. The van der Waals surface area contributed by atoms with Gasteiger partial charge >= 0.3 is 11.7 Å². The minimum atomic E-state index is -0.773. The van der Waals surface area contributed by atoms with Crippen molar-refractivity contribution < 1.29 is 4.79 Å². The Morgan fingerprint density at radius 1 is 1.04 bits per heavy atom. The minimum Gasteiger partial charge on any atom is -0.350 e. The summed E-state index contributed by atoms with van der Waals surface area (Å²) in [6.45, 7) is 6.33. The maximum atomic E-state index is 12.8. The molecule has 8 nitrogen and oxygen atoms in total. The number of nitrogens with two attached hydrogens (primary N) is 1. The van der Waals surface area contributed by atoms with Gasteiger partial charge in [0, 0.05) is 19.7 Å². The largest absolute Gasteiger partial charge is 0.350 e. The molecule has 0 radical (unpaired) electrons. The van der Waals surface area contributed by atoms with E-state index in [2.05, 4.69) is 26.2 Å². The smallest absolute Gasteiger partial charge is 0.331 e. The van der Waals surface area contributed by atoms with Crippen LogP contribution in [0.15, 0.2) is 40.1 Å². The second-order valence-electron chi connectivity index (χ2n) is 7.62. The monoisotopic (exact) mass is 369 g/mol. The number of primary amides is 1. The topological polar surface area (TPSA) is 104 Å². The lowest BCUT2D eigenvalue weighted by atomic mass is 9.86. The summed E-state index contributed by atoms with van der Waals surface area (Å²) in [4.78, 5) is 36.5. The van der Waals surface area contributed by atoms with Crippen LogP contribution in [0.3, 0.4) is 0 Å². The Bertz CT molecular complexity index is 1160. The Balaban J connectivity index is 2.38. The standard InChI is InChI=1S/C19H23N5O3/c1-19(2,3)12-8-6-11(7-9-12)15-14-13(10-24(15)21-17(20)26)22(4)18(27)23(5)16(14)25/h6-10H,1-5H3,(H3,20,21,26). The molecule has 0 aliphatic rings. The maximum absolute atomic E-state index is 12.8. The highest BCUT2D eigenvalue weighted by Gasteiger charge is 2.21. The van der Waals surface area contributed by atoms with E-state index >= 15 is 0 Å². The SMILES string of the molecule is Cn1c(=O)c2c(-c3ccc(C(C)(C)C)cc3)n(NC(N)=O)cc2n(C)c1=O. The van der Waals surface area contributed by atoms with Crippen molar-refractivity contribution in [3.8, 4) is 11.3 Å². The second-order valence-corrected chi connectivity index (χ2v) is 7.62. The number of aromatic nitrogens is 3. The number of nitrogens with one attached hydrogen (secondary N) is 1. The fourth-order valence-corrected chi connectivity index (χ4v) is 3.16. The van der Waals surface area contributed by atoms with Crippen molar-refractivity contribution in [2.75, 3.05) is 5.43 Å². The summed E-state index contributed by atoms with van der Waals surface area (Å²) in [5, 5.41) is 0.330. The molecule has 1 aromatic carbocycles. The first kappa shape index (κ1) is 18.5. The number of hydrogen-bond donors (Lipinski definition) is 2. The van der Waals surface area contributed by atoms with Crippen LogP contribution in [0.5, 0.6) is 0 Å². The van der Waals surface area contributed by atoms with Gasteiger partial charge in [0.15, 0.2) is 0 Å². The molecule has 0 atom stereocenters. The zero-order chi connectivity index (χ0) is 20.1. The summed E-state index contributed by atoms with van der Waals surface area (Å²) in [5.41, 5.74) is 9.62. The van der Waals surface area contributed by atoms with Gasteiger partial charge in [0.1, 0.15) is 0 Å². The average molecular weight is 369 g/mol. The van der Waals surface area contributed by atoms with Gasteiger partial charge in [0.25, 0.3) is 5.56 Å². The number of hydrogen-bond acceptors (Lipinski definition) is 3. The van der Waals surface area contributed by atoms with Gasteiger partial charge in [0.2, 0.25) is 0 Å². The maximum Gasteiger partial charge on any atom is 0.331 e. The number of carbonyl (C=O) groups excluding carboxylic acids is 1. The van der Waals surface area contributed by atoms with E-state index in [1.54, 1.807) is 7.05 Å². The lowest BCUT2D eigenvalue weighted by molar-refractivity contribution is 0.257. The molecule has 3 aromatic rings. The third kappa shape index (κ3) is 3.03. The van der Waals surface area contributed by atoms with Crippen LogP contribution in [0.25, 0.3) is 22.2 Å². The number of urea groups is 1. The third-order valence-electron chi connectivity index (χ3n) is 4.69. The van der Waals surface area contributed by atoms with Gasteiger partial charge in [-0.3, -0.25) is 18.6 Å². The highest BCUT2D eigenvalue weighted by Crippen LogP contribution is 2.30. The molecule has 8 heteroatoms. The lowest BCUT2D eigenvalue weighted by Crippen LogP contribution is -2.36. The van der Waals surface area contributed by atoms with E-state index in [0.29, 0.717) is 16.6 Å². The third-order valence-corrected chi connectivity index (χ3v) is 4.69. The van der Waals surface area contributed by atoms with Crippen molar-refractivity contribution >= 4 is 16.9 Å². The number of amides is 2. The normalized spacial score (nSPS) is 11.7. The molecule has 0 saturated heterocycles. The number of fused-ring (bicyclic) bond motifs is 1. The van der Waals surface area contributed by atoms with Gasteiger partial charge in [0.05, 0.1) is 22.8 Å². The predicted molar refractivity (Wildman–Crippen MR) is 106 cm³/mol. The van der Waals surface area contributed by atoms with E-state index in [4.69, 9.17) is 5.73 Å². The Labute approximate surface area is 155 Å². The number of rotatable bonds is 2. The van der Waals surface area contributed by atoms with Crippen LogP contribution in [0.1, 0.15) is 26.3 Å². The number of benzene rings is 1. The van der Waals surface area contributed by atoms with E-state index < -0.39 is 17.3 Å². The summed E-state index contributed by atoms with van der Waals surface area (Å²) in [7, 11) is 3.00. The lowest BCUT2D eigenvalue weighted by Gasteiger charge is -2.19. The molecule has 2 amide bonds. The van der Waals surface area contributed by atoms with E-state index in [0.717, 1.165) is 15.7 Å². The molecule has 0 spiro atoms. The van der Waals surface area contributed by atoms with E-state index in [1.165, 1.54) is 22.5 Å². The first-order chi connectivity index (χ1) is 12.5. The van der Waals surface area contributed by atoms with Crippen LogP contribution >= 0.6 is 0 Å². The molecule has 0 unspecified atom stereocenters. The number of aryl methyl sites for hydroxylation is 1. The van der Waals surface area contributed by atoms with Gasteiger partial charge in [-0.05, 0) is 11.0 Å². The molecule has 3 N–H and O–H groups in total. The van der Waals surface area contributed by atoms with Gasteiger partial charge < -0.3 is 5.73 Å². The fraction of sp³-hybridized carbons (Fsp3) is 0.316. The van der Waals surface area contributed by atoms with Crippen molar-refractivity contribution in [1.29, 1.82) is 0 Å². The van der Waals surface area contributed by atoms with Crippen LogP contribution in [0, 0.1) is 0 Å². The van der Waals surface area contributed by atoms with E-state index in [9.17, 15) is 14.4 Å². The Morgan fingerprint density at radius 3 is 2.15 bits per heavy atom. The van der Waals surface area contributed by atoms with Crippen molar-refractivity contribution in [1.82, 2.24) is 13.8 Å². The van der Waals surface area contributed by atoms with Crippen LogP contribution in [-0.2, 0) is 19.5 Å². The molecule has 142 valence electrons. The Morgan fingerprint density at radius 2 is 1.63 bits per heavy atom. The van der Waals surface area contributed by atoms with Gasteiger partial charge in [-0.2, -0.15) is 0 Å². The zero-order valence-electron chi connectivity index (χ0n) is 16.0. The Hall–Kier alpha value is -3.29. The molecule has 0 aliphatic carbocycles. The van der Waals surface area contributed by atoms with Crippen molar-refractivity contribution in [3.63, 3.8) is 0 Å². The highest BCUT2D eigenvalue weighted by atomic mass is 16.2. The van der Waals surface area contributed by atoms with Gasteiger partial charge in [-0.1, -0.05) is 45.0 Å². The molecular formula is C19H23N5O3. The number of nitrogens with zero attached hydrogens (tertiary/aromatic N) is 3. The average Bonchev–Trinajstić information content (AvgIpc) is 2.96. The highest BCUT2D eigenvalue weighted by molar-refractivity contribution is 5.95. The molecule has 0 aliphatic heterocycles. The first-order valence-electron chi connectivity index (χ1n) is 8.51. The van der Waals surface area contributed by atoms with Crippen LogP contribution in [-0.4, -0.2) is 19.8 Å². The van der Waals surface area contributed by atoms with Crippen LogP contribution < -0.4 is 22.4 Å². The van der Waals surface area contributed by atoms with Crippen LogP contribution in [0.2, 0.25) is 0 Å². The number of carbonyl (C=O) groups is 1. The van der Waals surface area contributed by atoms with Gasteiger partial charge in [-0.25, -0.2) is 15.0 Å². The summed E-state index contributed by atoms with van der Waals surface area (Å²) < 4.78 is 3.80. The van der Waals surface area contributed by atoms with E-state index in [1.807, 2.05) is 24.3 Å². The molecular weight excluding hydrogens is 346 g/mol. The molecule has 0 fully saturated rings. The van der Waals surface area contributed by atoms with Crippen molar-refractivity contribution in [3.05, 3.63) is 56.9 Å². The van der Waals surface area contributed by atoms with Crippen LogP contribution in [0.4, 0.5) is 4.79 Å². The molecule has 2 heterocycles. The first-order valence-corrected chi connectivity index (χ1v) is 8.51. The summed E-state index contributed by atoms with van der Waals surface area (Å²) in [5.74, 6) is 0. The van der Waals surface area contributed by atoms with E-state index in [-0.39, 0.29) is 5.41 Å². The summed E-state index contributed by atoms with van der Waals surface area (Å²) in [6, 6.07) is 6.97. The molecule has 3 rings (SSSR count). The quantitative estimate of drug-likeness (QED) is 0.717. The minimum absolute atomic E-state index is 0.0197. The second kappa shape index (κ2) is 6.15. The molecule has 0 bridgehead atoms.